The predicted molar refractivity (Wildman–Crippen MR) is 83.9 cm³/mol. The van der Waals surface area contributed by atoms with Crippen LogP contribution in [0.3, 0.4) is 0 Å². The highest BCUT2D eigenvalue weighted by Crippen LogP contribution is 2.31. The third-order valence-electron chi connectivity index (χ3n) is 4.14. The molecule has 6 heteroatoms. The van der Waals surface area contributed by atoms with Crippen LogP contribution in [-0.2, 0) is 6.54 Å². The van der Waals surface area contributed by atoms with E-state index in [0.29, 0.717) is 24.8 Å². The summed E-state index contributed by atoms with van der Waals surface area (Å²) in [6.45, 7) is 0.796. The van der Waals surface area contributed by atoms with Crippen LogP contribution in [0.1, 0.15) is 31.7 Å². The van der Waals surface area contributed by atoms with E-state index in [0.717, 1.165) is 31.4 Å². The number of benzene rings is 1. The lowest BCUT2D eigenvalue weighted by atomic mass is 10.1. The molecule has 4 nitrogen and oxygen atoms in total. The number of nitrogens with zero attached hydrogens (tertiary/aromatic N) is 1. The summed E-state index contributed by atoms with van der Waals surface area (Å²) in [6.07, 6.45) is 2.80. The van der Waals surface area contributed by atoms with Crippen molar-refractivity contribution < 1.29 is 23.4 Å². The molecule has 2 atom stereocenters. The highest BCUT2D eigenvalue weighted by atomic mass is 19.3. The Bertz CT molecular complexity index is 499. The summed E-state index contributed by atoms with van der Waals surface area (Å²) in [4.78, 5) is 2.14. The molecule has 0 amide bonds. The van der Waals surface area contributed by atoms with Gasteiger partial charge in [-0.1, -0.05) is 12.5 Å². The van der Waals surface area contributed by atoms with Gasteiger partial charge in [0.15, 0.2) is 11.5 Å². The van der Waals surface area contributed by atoms with E-state index in [2.05, 4.69) is 9.64 Å². The minimum Gasteiger partial charge on any atom is -0.490 e. The first-order chi connectivity index (χ1) is 11.0. The number of aliphatic hydroxyl groups is 1. The van der Waals surface area contributed by atoms with Crippen molar-refractivity contribution in [3.05, 3.63) is 23.8 Å². The Morgan fingerprint density at radius 3 is 2.70 bits per heavy atom. The van der Waals surface area contributed by atoms with Gasteiger partial charge >= 0.3 is 6.61 Å². The first kappa shape index (κ1) is 17.9. The van der Waals surface area contributed by atoms with Gasteiger partial charge in [0.25, 0.3) is 0 Å². The Morgan fingerprint density at radius 2 is 2.09 bits per heavy atom. The fourth-order valence-corrected chi connectivity index (χ4v) is 3.12. The van der Waals surface area contributed by atoms with Crippen LogP contribution in [0.5, 0.6) is 11.5 Å². The van der Waals surface area contributed by atoms with Gasteiger partial charge in [-0.15, -0.1) is 0 Å². The Kier molecular flexibility index (Phi) is 6.59. The standard InChI is InChI=1S/C17H25F2NO3/c1-3-22-16-9-12(7-8-15(16)23-17(18)19)10-20(2)11-13-5-4-6-14(13)21/h7-9,13-14,17,21H,3-6,10-11H2,1-2H3. The second kappa shape index (κ2) is 8.45. The van der Waals surface area contributed by atoms with Gasteiger partial charge in [0, 0.05) is 13.1 Å². The molecule has 1 aliphatic carbocycles. The predicted octanol–water partition coefficient (Wildman–Crippen LogP) is 3.28. The molecule has 2 rings (SSSR count). The number of rotatable bonds is 8. The number of alkyl halides is 2. The van der Waals surface area contributed by atoms with Gasteiger partial charge in [0.1, 0.15) is 0 Å². The maximum Gasteiger partial charge on any atom is 0.387 e. The molecule has 1 aromatic carbocycles. The highest BCUT2D eigenvalue weighted by molar-refractivity contribution is 5.43. The molecular weight excluding hydrogens is 304 g/mol. The number of hydrogen-bond acceptors (Lipinski definition) is 4. The van der Waals surface area contributed by atoms with Gasteiger partial charge in [0.2, 0.25) is 0 Å². The lowest BCUT2D eigenvalue weighted by Gasteiger charge is -2.23. The van der Waals surface area contributed by atoms with Gasteiger partial charge in [-0.3, -0.25) is 0 Å². The Balaban J connectivity index is 1.99. The van der Waals surface area contributed by atoms with E-state index in [4.69, 9.17) is 4.74 Å². The van der Waals surface area contributed by atoms with Crippen molar-refractivity contribution in [1.29, 1.82) is 0 Å². The topological polar surface area (TPSA) is 41.9 Å². The molecular formula is C17H25F2NO3. The lowest BCUT2D eigenvalue weighted by Crippen LogP contribution is -2.29. The molecule has 23 heavy (non-hydrogen) atoms. The van der Waals surface area contributed by atoms with Crippen molar-refractivity contribution in [2.75, 3.05) is 20.2 Å². The highest BCUT2D eigenvalue weighted by Gasteiger charge is 2.26. The summed E-state index contributed by atoms with van der Waals surface area (Å²) in [5.74, 6) is 0.701. The summed E-state index contributed by atoms with van der Waals surface area (Å²) in [7, 11) is 1.99. The third-order valence-corrected chi connectivity index (χ3v) is 4.14. The van der Waals surface area contributed by atoms with Crippen LogP contribution in [0.2, 0.25) is 0 Å². The molecule has 1 fully saturated rings. The zero-order valence-electron chi connectivity index (χ0n) is 13.7. The van der Waals surface area contributed by atoms with E-state index in [1.165, 1.54) is 6.07 Å². The van der Waals surface area contributed by atoms with Crippen molar-refractivity contribution in [1.82, 2.24) is 4.90 Å². The molecule has 0 saturated heterocycles. The van der Waals surface area contributed by atoms with Crippen molar-refractivity contribution in [2.45, 2.75) is 45.4 Å². The average molecular weight is 329 g/mol. The van der Waals surface area contributed by atoms with E-state index >= 15 is 0 Å². The first-order valence-electron chi connectivity index (χ1n) is 8.06. The van der Waals surface area contributed by atoms with Crippen LogP contribution in [0.15, 0.2) is 18.2 Å². The monoisotopic (exact) mass is 329 g/mol. The average Bonchev–Trinajstić information content (AvgIpc) is 2.87. The summed E-state index contributed by atoms with van der Waals surface area (Å²) in [5.41, 5.74) is 0.963. The molecule has 1 N–H and O–H groups in total. The minimum atomic E-state index is -2.87. The lowest BCUT2D eigenvalue weighted by molar-refractivity contribution is -0.0514. The van der Waals surface area contributed by atoms with Crippen LogP contribution in [0.25, 0.3) is 0 Å². The Hall–Kier alpha value is -1.40. The molecule has 1 saturated carbocycles. The molecule has 2 unspecified atom stereocenters. The smallest absolute Gasteiger partial charge is 0.387 e. The molecule has 0 heterocycles. The number of ether oxygens (including phenoxy) is 2. The van der Waals surface area contributed by atoms with Crippen molar-refractivity contribution in [3.8, 4) is 11.5 Å². The summed E-state index contributed by atoms with van der Waals surface area (Å²) in [5, 5.41) is 9.90. The van der Waals surface area contributed by atoms with Gasteiger partial charge in [0.05, 0.1) is 12.7 Å². The molecule has 1 aromatic rings. The molecule has 0 radical (unpaired) electrons. The Labute approximate surface area is 136 Å². The van der Waals surface area contributed by atoms with E-state index in [-0.39, 0.29) is 11.9 Å². The van der Waals surface area contributed by atoms with Gasteiger partial charge in [-0.2, -0.15) is 8.78 Å². The largest absolute Gasteiger partial charge is 0.490 e. The van der Waals surface area contributed by atoms with Crippen LogP contribution in [0, 0.1) is 5.92 Å². The second-order valence-electron chi connectivity index (χ2n) is 6.05. The van der Waals surface area contributed by atoms with Crippen molar-refractivity contribution in [2.24, 2.45) is 5.92 Å². The van der Waals surface area contributed by atoms with E-state index in [1.807, 2.05) is 7.05 Å². The zero-order chi connectivity index (χ0) is 16.8. The van der Waals surface area contributed by atoms with Crippen molar-refractivity contribution in [3.63, 3.8) is 0 Å². The van der Waals surface area contributed by atoms with E-state index in [9.17, 15) is 13.9 Å². The summed E-state index contributed by atoms with van der Waals surface area (Å²) in [6, 6.07) is 5.02. The second-order valence-corrected chi connectivity index (χ2v) is 6.05. The fraction of sp³-hybridized carbons (Fsp3) is 0.647. The third kappa shape index (κ3) is 5.32. The quantitative estimate of drug-likeness (QED) is 0.795. The molecule has 130 valence electrons. The molecule has 1 aliphatic rings. The first-order valence-corrected chi connectivity index (χ1v) is 8.06. The maximum absolute atomic E-state index is 12.4. The molecule has 0 aliphatic heterocycles. The van der Waals surface area contributed by atoms with E-state index in [1.54, 1.807) is 19.1 Å². The van der Waals surface area contributed by atoms with Crippen molar-refractivity contribution >= 4 is 0 Å². The van der Waals surface area contributed by atoms with E-state index < -0.39 is 6.61 Å². The molecule has 0 aromatic heterocycles. The molecule has 0 bridgehead atoms. The maximum atomic E-state index is 12.4. The minimum absolute atomic E-state index is 0.0551. The summed E-state index contributed by atoms with van der Waals surface area (Å²) >= 11 is 0. The number of halogens is 2. The van der Waals surface area contributed by atoms with Crippen LogP contribution in [0.4, 0.5) is 8.78 Å². The molecule has 0 spiro atoms. The van der Waals surface area contributed by atoms with Gasteiger partial charge < -0.3 is 19.5 Å². The fourth-order valence-electron chi connectivity index (χ4n) is 3.12. The summed E-state index contributed by atoms with van der Waals surface area (Å²) < 4.78 is 34.7. The number of aliphatic hydroxyl groups excluding tert-OH is 1. The SMILES string of the molecule is CCOc1cc(CN(C)CC2CCCC2O)ccc1OC(F)F. The normalized spacial score (nSPS) is 21.2. The Morgan fingerprint density at radius 1 is 1.30 bits per heavy atom. The van der Waals surface area contributed by atoms with Gasteiger partial charge in [-0.25, -0.2) is 0 Å². The zero-order valence-corrected chi connectivity index (χ0v) is 13.7. The van der Waals surface area contributed by atoms with Crippen LogP contribution < -0.4 is 9.47 Å². The van der Waals surface area contributed by atoms with Crippen LogP contribution >= 0.6 is 0 Å². The number of hydrogen-bond donors (Lipinski definition) is 1. The van der Waals surface area contributed by atoms with Gasteiger partial charge in [-0.05, 0) is 50.4 Å². The van der Waals surface area contributed by atoms with Crippen LogP contribution in [-0.4, -0.2) is 42.9 Å².